The summed E-state index contributed by atoms with van der Waals surface area (Å²) in [4.78, 5) is 0. The molecule has 0 amide bonds. The fourth-order valence-electron chi connectivity index (χ4n) is 1.75. The van der Waals surface area contributed by atoms with Crippen LogP contribution in [0.15, 0.2) is 18.2 Å². The lowest BCUT2D eigenvalue weighted by atomic mass is 10.0. The van der Waals surface area contributed by atoms with Gasteiger partial charge in [0, 0.05) is 24.2 Å². The molecule has 0 aliphatic heterocycles. The van der Waals surface area contributed by atoms with Gasteiger partial charge in [0.25, 0.3) is 0 Å². The second kappa shape index (κ2) is 7.24. The van der Waals surface area contributed by atoms with Crippen molar-refractivity contribution in [2.75, 3.05) is 20.8 Å². The third-order valence-corrected chi connectivity index (χ3v) is 3.05. The summed E-state index contributed by atoms with van der Waals surface area (Å²) >= 11 is 0. The van der Waals surface area contributed by atoms with Crippen molar-refractivity contribution in [3.05, 3.63) is 23.8 Å². The molecule has 18 heavy (non-hydrogen) atoms. The van der Waals surface area contributed by atoms with E-state index < -0.39 is 0 Å². The molecule has 4 heteroatoms. The van der Waals surface area contributed by atoms with Crippen LogP contribution in [0.3, 0.4) is 0 Å². The highest BCUT2D eigenvalue weighted by atomic mass is 16.5. The minimum Gasteiger partial charge on any atom is -0.497 e. The van der Waals surface area contributed by atoms with Gasteiger partial charge in [0.1, 0.15) is 11.5 Å². The number of ether oxygens (including phenoxy) is 2. The van der Waals surface area contributed by atoms with Gasteiger partial charge in [-0.3, -0.25) is 0 Å². The van der Waals surface area contributed by atoms with Gasteiger partial charge >= 0.3 is 0 Å². The van der Waals surface area contributed by atoms with Crippen LogP contribution in [0.4, 0.5) is 0 Å². The van der Waals surface area contributed by atoms with E-state index in [0.717, 1.165) is 17.1 Å². The molecule has 0 unspecified atom stereocenters. The maximum atomic E-state index is 9.27. The van der Waals surface area contributed by atoms with Crippen molar-refractivity contribution in [1.29, 1.82) is 0 Å². The summed E-state index contributed by atoms with van der Waals surface area (Å²) in [5.74, 6) is 1.96. The highest BCUT2D eigenvalue weighted by Crippen LogP contribution is 2.24. The fraction of sp³-hybridized carbons (Fsp3) is 0.571. The third kappa shape index (κ3) is 3.89. The van der Waals surface area contributed by atoms with Crippen LogP contribution in [0, 0.1) is 5.92 Å². The third-order valence-electron chi connectivity index (χ3n) is 3.05. The molecule has 1 rings (SSSR count). The van der Waals surface area contributed by atoms with E-state index in [1.54, 1.807) is 14.2 Å². The standard InChI is InChI=1S/C14H23NO3/c1-10(2)13(9-16)15-8-11-5-6-12(17-3)7-14(11)18-4/h5-7,10,13,15-16H,8-9H2,1-4H3/t13-/m1/s1. The van der Waals surface area contributed by atoms with E-state index in [4.69, 9.17) is 9.47 Å². The molecular weight excluding hydrogens is 230 g/mol. The van der Waals surface area contributed by atoms with Gasteiger partial charge in [-0.15, -0.1) is 0 Å². The van der Waals surface area contributed by atoms with E-state index in [2.05, 4.69) is 19.2 Å². The maximum Gasteiger partial charge on any atom is 0.127 e. The first-order valence-corrected chi connectivity index (χ1v) is 6.17. The SMILES string of the molecule is COc1ccc(CN[C@H](CO)C(C)C)c(OC)c1. The fourth-order valence-corrected chi connectivity index (χ4v) is 1.75. The Morgan fingerprint density at radius 1 is 1.22 bits per heavy atom. The lowest BCUT2D eigenvalue weighted by Gasteiger charge is -2.20. The summed E-state index contributed by atoms with van der Waals surface area (Å²) in [6.45, 7) is 4.96. The van der Waals surface area contributed by atoms with Crippen molar-refractivity contribution >= 4 is 0 Å². The number of benzene rings is 1. The van der Waals surface area contributed by atoms with Crippen LogP contribution in [0.5, 0.6) is 11.5 Å². The number of nitrogens with one attached hydrogen (secondary N) is 1. The quantitative estimate of drug-likeness (QED) is 0.778. The van der Waals surface area contributed by atoms with Gasteiger partial charge in [-0.2, -0.15) is 0 Å². The van der Waals surface area contributed by atoms with Crippen LogP contribution in [-0.4, -0.2) is 32.0 Å². The Kier molecular flexibility index (Phi) is 5.95. The molecule has 0 aliphatic carbocycles. The normalized spacial score (nSPS) is 12.6. The summed E-state index contributed by atoms with van der Waals surface area (Å²) in [6, 6.07) is 5.83. The molecule has 0 fully saturated rings. The number of rotatable bonds is 7. The second-order valence-electron chi connectivity index (χ2n) is 4.59. The molecule has 2 N–H and O–H groups in total. The summed E-state index contributed by atoms with van der Waals surface area (Å²) < 4.78 is 10.5. The monoisotopic (exact) mass is 253 g/mol. The topological polar surface area (TPSA) is 50.7 Å². The highest BCUT2D eigenvalue weighted by molar-refractivity contribution is 5.40. The lowest BCUT2D eigenvalue weighted by Crippen LogP contribution is -2.36. The van der Waals surface area contributed by atoms with Gasteiger partial charge in [-0.25, -0.2) is 0 Å². The average molecular weight is 253 g/mol. The largest absolute Gasteiger partial charge is 0.497 e. The van der Waals surface area contributed by atoms with Crippen molar-refractivity contribution in [3.63, 3.8) is 0 Å². The van der Waals surface area contributed by atoms with Crippen molar-refractivity contribution in [2.24, 2.45) is 5.92 Å². The van der Waals surface area contributed by atoms with Gasteiger partial charge in [-0.1, -0.05) is 19.9 Å². The van der Waals surface area contributed by atoms with E-state index in [1.807, 2.05) is 18.2 Å². The van der Waals surface area contributed by atoms with E-state index >= 15 is 0 Å². The first kappa shape index (κ1) is 14.8. The molecule has 1 aromatic carbocycles. The van der Waals surface area contributed by atoms with E-state index in [1.165, 1.54) is 0 Å². The molecule has 1 atom stereocenters. The van der Waals surface area contributed by atoms with E-state index in [9.17, 15) is 5.11 Å². The van der Waals surface area contributed by atoms with Gasteiger partial charge in [0.15, 0.2) is 0 Å². The molecule has 0 saturated carbocycles. The Hall–Kier alpha value is -1.26. The molecule has 0 heterocycles. The summed E-state index contributed by atoms with van der Waals surface area (Å²) in [5.41, 5.74) is 1.05. The van der Waals surface area contributed by atoms with Crippen molar-refractivity contribution in [1.82, 2.24) is 5.32 Å². The molecule has 4 nitrogen and oxygen atoms in total. The zero-order valence-corrected chi connectivity index (χ0v) is 11.6. The summed E-state index contributed by atoms with van der Waals surface area (Å²) in [7, 11) is 3.28. The zero-order valence-electron chi connectivity index (χ0n) is 11.6. The molecule has 0 aliphatic rings. The molecule has 0 bridgehead atoms. The average Bonchev–Trinajstić information content (AvgIpc) is 2.39. The molecule has 0 spiro atoms. The number of aliphatic hydroxyl groups excluding tert-OH is 1. The Balaban J connectivity index is 2.72. The molecule has 0 aromatic heterocycles. The predicted molar refractivity (Wildman–Crippen MR) is 72.1 cm³/mol. The number of aliphatic hydroxyl groups is 1. The predicted octanol–water partition coefficient (Wildman–Crippen LogP) is 1.81. The van der Waals surface area contributed by atoms with Crippen LogP contribution >= 0.6 is 0 Å². The smallest absolute Gasteiger partial charge is 0.127 e. The first-order valence-electron chi connectivity index (χ1n) is 6.17. The lowest BCUT2D eigenvalue weighted by molar-refractivity contribution is 0.209. The maximum absolute atomic E-state index is 9.27. The van der Waals surface area contributed by atoms with Crippen molar-refractivity contribution in [3.8, 4) is 11.5 Å². The molecule has 0 saturated heterocycles. The minimum atomic E-state index is 0.0943. The number of hydrogen-bond donors (Lipinski definition) is 2. The second-order valence-corrected chi connectivity index (χ2v) is 4.59. The Bertz CT molecular complexity index is 366. The van der Waals surface area contributed by atoms with E-state index in [0.29, 0.717) is 12.5 Å². The Morgan fingerprint density at radius 3 is 2.44 bits per heavy atom. The number of hydrogen-bond acceptors (Lipinski definition) is 4. The minimum absolute atomic E-state index is 0.0943. The molecule has 1 aromatic rings. The van der Waals surface area contributed by atoms with Gasteiger partial charge in [-0.05, 0) is 12.0 Å². The highest BCUT2D eigenvalue weighted by Gasteiger charge is 2.12. The Labute approximate surface area is 109 Å². The zero-order chi connectivity index (χ0) is 13.5. The van der Waals surface area contributed by atoms with Crippen LogP contribution in [-0.2, 0) is 6.54 Å². The molecule has 102 valence electrons. The van der Waals surface area contributed by atoms with Gasteiger partial charge in [0.2, 0.25) is 0 Å². The summed E-state index contributed by atoms with van der Waals surface area (Å²) in [6.07, 6.45) is 0. The van der Waals surface area contributed by atoms with Crippen molar-refractivity contribution in [2.45, 2.75) is 26.4 Å². The van der Waals surface area contributed by atoms with Crippen LogP contribution in [0.1, 0.15) is 19.4 Å². The first-order chi connectivity index (χ1) is 8.62. The summed E-state index contributed by atoms with van der Waals surface area (Å²) in [5, 5.41) is 12.6. The Morgan fingerprint density at radius 2 is 1.94 bits per heavy atom. The van der Waals surface area contributed by atoms with Gasteiger partial charge in [0.05, 0.1) is 20.8 Å². The van der Waals surface area contributed by atoms with Crippen LogP contribution in [0.25, 0.3) is 0 Å². The molecule has 0 radical (unpaired) electrons. The van der Waals surface area contributed by atoms with Crippen molar-refractivity contribution < 1.29 is 14.6 Å². The van der Waals surface area contributed by atoms with E-state index in [-0.39, 0.29) is 12.6 Å². The number of methoxy groups -OCH3 is 2. The van der Waals surface area contributed by atoms with Crippen LogP contribution < -0.4 is 14.8 Å². The molecular formula is C14H23NO3. The van der Waals surface area contributed by atoms with Gasteiger partial charge < -0.3 is 19.9 Å². The van der Waals surface area contributed by atoms with Crippen LogP contribution in [0.2, 0.25) is 0 Å².